The summed E-state index contributed by atoms with van der Waals surface area (Å²) in [5.74, 6) is 0.694. The van der Waals surface area contributed by atoms with Crippen LogP contribution in [0.15, 0.2) is 42.5 Å². The molecule has 160 valence electrons. The van der Waals surface area contributed by atoms with Crippen molar-refractivity contribution in [2.24, 2.45) is 0 Å². The van der Waals surface area contributed by atoms with E-state index >= 15 is 0 Å². The normalized spacial score (nSPS) is 17.8. The minimum atomic E-state index is -0.530. The molecule has 0 radical (unpaired) electrons. The molecule has 4 rings (SSSR count). The van der Waals surface area contributed by atoms with Crippen LogP contribution in [0.5, 0.6) is 5.75 Å². The number of hydrogen-bond acceptors (Lipinski definition) is 4. The molecule has 0 aromatic heterocycles. The van der Waals surface area contributed by atoms with Crippen LogP contribution in [0.25, 0.3) is 0 Å². The van der Waals surface area contributed by atoms with E-state index in [4.69, 9.17) is 9.47 Å². The van der Waals surface area contributed by atoms with Gasteiger partial charge in [-0.2, -0.15) is 0 Å². The first kappa shape index (κ1) is 20.9. The molecule has 1 unspecified atom stereocenters. The highest BCUT2D eigenvalue weighted by atomic mass is 16.5. The first-order chi connectivity index (χ1) is 14.7. The van der Waals surface area contributed by atoms with Crippen molar-refractivity contribution < 1.29 is 14.3 Å². The SMILES string of the molecule is CC(Oc1ccc2c(c1)CCCC2)C(=O)NCc1ccccc1CN1CCOCC1. The summed E-state index contributed by atoms with van der Waals surface area (Å²) in [5.41, 5.74) is 5.19. The number of amides is 1. The molecule has 1 aliphatic heterocycles. The maximum Gasteiger partial charge on any atom is 0.261 e. The molecule has 1 heterocycles. The number of aryl methyl sites for hydroxylation is 2. The average molecular weight is 409 g/mol. The van der Waals surface area contributed by atoms with Gasteiger partial charge in [-0.25, -0.2) is 0 Å². The standard InChI is InChI=1S/C25H32N2O3/c1-19(30-24-11-10-20-6-2-3-7-21(20)16-24)25(28)26-17-22-8-4-5-9-23(22)18-27-12-14-29-15-13-27/h4-5,8-11,16,19H,2-3,6-7,12-15,17-18H2,1H3,(H,26,28). The Morgan fingerprint density at radius 3 is 2.60 bits per heavy atom. The molecule has 1 atom stereocenters. The minimum absolute atomic E-state index is 0.0890. The molecule has 30 heavy (non-hydrogen) atoms. The monoisotopic (exact) mass is 408 g/mol. The van der Waals surface area contributed by atoms with E-state index in [0.29, 0.717) is 6.54 Å². The smallest absolute Gasteiger partial charge is 0.261 e. The quantitative estimate of drug-likeness (QED) is 0.762. The lowest BCUT2D eigenvalue weighted by molar-refractivity contribution is -0.127. The topological polar surface area (TPSA) is 50.8 Å². The molecule has 0 spiro atoms. The van der Waals surface area contributed by atoms with Crippen LogP contribution in [0.2, 0.25) is 0 Å². The zero-order valence-corrected chi connectivity index (χ0v) is 17.9. The Hall–Kier alpha value is -2.37. The van der Waals surface area contributed by atoms with Crippen LogP contribution < -0.4 is 10.1 Å². The van der Waals surface area contributed by atoms with Gasteiger partial charge in [-0.3, -0.25) is 9.69 Å². The number of hydrogen-bond donors (Lipinski definition) is 1. The number of benzene rings is 2. The molecule has 2 aromatic rings. The van der Waals surface area contributed by atoms with Crippen LogP contribution in [0.4, 0.5) is 0 Å². The van der Waals surface area contributed by atoms with Gasteiger partial charge in [0.1, 0.15) is 5.75 Å². The van der Waals surface area contributed by atoms with E-state index in [1.807, 2.05) is 19.1 Å². The molecule has 1 amide bonds. The van der Waals surface area contributed by atoms with E-state index in [1.54, 1.807) is 0 Å². The lowest BCUT2D eigenvalue weighted by Gasteiger charge is -2.27. The fourth-order valence-corrected chi connectivity index (χ4v) is 4.25. The Morgan fingerprint density at radius 1 is 1.07 bits per heavy atom. The number of nitrogens with one attached hydrogen (secondary N) is 1. The maximum absolute atomic E-state index is 12.6. The second kappa shape index (κ2) is 10.1. The molecule has 0 saturated carbocycles. The van der Waals surface area contributed by atoms with E-state index in [9.17, 15) is 4.79 Å². The lowest BCUT2D eigenvalue weighted by Crippen LogP contribution is -2.37. The van der Waals surface area contributed by atoms with Gasteiger partial charge in [0.25, 0.3) is 5.91 Å². The summed E-state index contributed by atoms with van der Waals surface area (Å²) in [5, 5.41) is 3.05. The van der Waals surface area contributed by atoms with Crippen LogP contribution in [0, 0.1) is 0 Å². The highest BCUT2D eigenvalue weighted by Gasteiger charge is 2.17. The van der Waals surface area contributed by atoms with Gasteiger partial charge in [0.05, 0.1) is 13.2 Å². The Kier molecular flexibility index (Phi) is 7.03. The van der Waals surface area contributed by atoms with Crippen molar-refractivity contribution in [1.82, 2.24) is 10.2 Å². The first-order valence-corrected chi connectivity index (χ1v) is 11.1. The summed E-state index contributed by atoms with van der Waals surface area (Å²) < 4.78 is 11.4. The summed E-state index contributed by atoms with van der Waals surface area (Å²) in [4.78, 5) is 15.0. The van der Waals surface area contributed by atoms with Gasteiger partial charge in [-0.15, -0.1) is 0 Å². The highest BCUT2D eigenvalue weighted by Crippen LogP contribution is 2.26. The van der Waals surface area contributed by atoms with Crippen molar-refractivity contribution in [2.45, 2.75) is 51.8 Å². The number of carbonyl (C=O) groups excluding carboxylic acids is 1. The molecule has 1 saturated heterocycles. The third-order valence-electron chi connectivity index (χ3n) is 6.07. The summed E-state index contributed by atoms with van der Waals surface area (Å²) in [6, 6.07) is 14.6. The second-order valence-electron chi connectivity index (χ2n) is 8.27. The van der Waals surface area contributed by atoms with Gasteiger partial charge in [0.2, 0.25) is 0 Å². The molecular weight excluding hydrogens is 376 g/mol. The predicted octanol–water partition coefficient (Wildman–Crippen LogP) is 3.48. The Labute approximate surface area is 179 Å². The van der Waals surface area contributed by atoms with Crippen molar-refractivity contribution in [2.75, 3.05) is 26.3 Å². The second-order valence-corrected chi connectivity index (χ2v) is 8.27. The van der Waals surface area contributed by atoms with Crippen molar-refractivity contribution >= 4 is 5.91 Å². The van der Waals surface area contributed by atoms with Crippen LogP contribution >= 0.6 is 0 Å². The summed E-state index contributed by atoms with van der Waals surface area (Å²) in [6.45, 7) is 6.69. The van der Waals surface area contributed by atoms with Gasteiger partial charge in [0.15, 0.2) is 6.10 Å². The number of carbonyl (C=O) groups is 1. The van der Waals surface area contributed by atoms with Crippen LogP contribution in [-0.4, -0.2) is 43.2 Å². The maximum atomic E-state index is 12.6. The van der Waals surface area contributed by atoms with E-state index in [0.717, 1.165) is 57.0 Å². The van der Waals surface area contributed by atoms with Crippen molar-refractivity contribution in [3.8, 4) is 5.75 Å². The number of fused-ring (bicyclic) bond motifs is 1. The molecule has 2 aromatic carbocycles. The molecule has 1 fully saturated rings. The van der Waals surface area contributed by atoms with E-state index in [2.05, 4.69) is 40.5 Å². The van der Waals surface area contributed by atoms with Gasteiger partial charge in [-0.05, 0) is 67.0 Å². The predicted molar refractivity (Wildman–Crippen MR) is 118 cm³/mol. The van der Waals surface area contributed by atoms with Crippen LogP contribution in [0.1, 0.15) is 42.0 Å². The minimum Gasteiger partial charge on any atom is -0.481 e. The van der Waals surface area contributed by atoms with Crippen LogP contribution in [-0.2, 0) is 35.5 Å². The van der Waals surface area contributed by atoms with Gasteiger partial charge in [-0.1, -0.05) is 30.3 Å². The van der Waals surface area contributed by atoms with E-state index in [-0.39, 0.29) is 5.91 Å². The summed E-state index contributed by atoms with van der Waals surface area (Å²) in [6.07, 6.45) is 4.22. The highest BCUT2D eigenvalue weighted by molar-refractivity contribution is 5.80. The largest absolute Gasteiger partial charge is 0.481 e. The molecule has 1 aliphatic carbocycles. The molecule has 5 nitrogen and oxygen atoms in total. The Balaban J connectivity index is 1.32. The third-order valence-corrected chi connectivity index (χ3v) is 6.07. The number of morpholine rings is 1. The number of rotatable bonds is 7. The average Bonchev–Trinajstić information content (AvgIpc) is 2.79. The zero-order valence-electron chi connectivity index (χ0n) is 17.9. The fourth-order valence-electron chi connectivity index (χ4n) is 4.25. The number of nitrogens with zero attached hydrogens (tertiary/aromatic N) is 1. The van der Waals surface area contributed by atoms with E-state index in [1.165, 1.54) is 29.5 Å². The van der Waals surface area contributed by atoms with Crippen molar-refractivity contribution in [1.29, 1.82) is 0 Å². The zero-order chi connectivity index (χ0) is 20.8. The van der Waals surface area contributed by atoms with E-state index < -0.39 is 6.10 Å². The van der Waals surface area contributed by atoms with Crippen molar-refractivity contribution in [3.63, 3.8) is 0 Å². The molecular formula is C25H32N2O3. The van der Waals surface area contributed by atoms with Crippen molar-refractivity contribution in [3.05, 3.63) is 64.7 Å². The first-order valence-electron chi connectivity index (χ1n) is 11.1. The van der Waals surface area contributed by atoms with Gasteiger partial charge < -0.3 is 14.8 Å². The summed E-state index contributed by atoms with van der Waals surface area (Å²) in [7, 11) is 0. The molecule has 5 heteroatoms. The Morgan fingerprint density at radius 2 is 1.80 bits per heavy atom. The van der Waals surface area contributed by atoms with Crippen LogP contribution in [0.3, 0.4) is 0 Å². The third kappa shape index (κ3) is 5.41. The van der Waals surface area contributed by atoms with Gasteiger partial charge in [0, 0.05) is 26.2 Å². The summed E-state index contributed by atoms with van der Waals surface area (Å²) >= 11 is 0. The Bertz CT molecular complexity index is 861. The molecule has 1 N–H and O–H groups in total. The lowest BCUT2D eigenvalue weighted by atomic mass is 9.92. The fraction of sp³-hybridized carbons (Fsp3) is 0.480. The van der Waals surface area contributed by atoms with Gasteiger partial charge >= 0.3 is 0 Å². The molecule has 2 aliphatic rings. The molecule has 0 bridgehead atoms. The number of ether oxygens (including phenoxy) is 2.